The SMILES string of the molecule is N#Cc1csc(NC(=O)[C@H](C[C@H]2CCC(=O)C2)c2ccc(S(=O)(=O)C3CC3)c(C3CC3)c2)n1. The van der Waals surface area contributed by atoms with E-state index >= 15 is 0 Å². The summed E-state index contributed by atoms with van der Waals surface area (Å²) in [5.41, 5.74) is 1.86. The van der Waals surface area contributed by atoms with Crippen LogP contribution >= 0.6 is 11.3 Å². The van der Waals surface area contributed by atoms with E-state index in [0.717, 1.165) is 30.4 Å². The number of carbonyl (C=O) groups is 2. The minimum atomic E-state index is -3.33. The Balaban J connectivity index is 1.47. The Kier molecular flexibility index (Phi) is 5.83. The molecule has 3 aliphatic carbocycles. The third-order valence-electron chi connectivity index (χ3n) is 6.81. The van der Waals surface area contributed by atoms with Crippen LogP contribution in [0.4, 0.5) is 5.13 Å². The Labute approximate surface area is 197 Å². The lowest BCUT2D eigenvalue weighted by molar-refractivity contribution is -0.119. The number of nitrogens with one attached hydrogen (secondary N) is 1. The van der Waals surface area contributed by atoms with Gasteiger partial charge in [-0.3, -0.25) is 9.59 Å². The van der Waals surface area contributed by atoms with Gasteiger partial charge in [0.2, 0.25) is 5.91 Å². The van der Waals surface area contributed by atoms with E-state index in [1.165, 1.54) is 11.3 Å². The summed E-state index contributed by atoms with van der Waals surface area (Å²) < 4.78 is 26.0. The maximum absolute atomic E-state index is 13.3. The molecule has 2 atom stereocenters. The number of ketones is 1. The molecule has 0 unspecified atom stereocenters. The lowest BCUT2D eigenvalue weighted by Crippen LogP contribution is -2.23. The number of Topliss-reactive ketones (excluding diaryl/α,β-unsaturated/α-hetero) is 1. The van der Waals surface area contributed by atoms with E-state index < -0.39 is 15.8 Å². The van der Waals surface area contributed by atoms with Gasteiger partial charge in [-0.05, 0) is 67.6 Å². The average molecular weight is 484 g/mol. The maximum atomic E-state index is 13.3. The summed E-state index contributed by atoms with van der Waals surface area (Å²) in [6.45, 7) is 0. The molecule has 0 saturated heterocycles. The van der Waals surface area contributed by atoms with Crippen molar-refractivity contribution in [3.05, 3.63) is 40.4 Å². The second kappa shape index (κ2) is 8.65. The first-order chi connectivity index (χ1) is 15.8. The number of anilines is 1. The van der Waals surface area contributed by atoms with Gasteiger partial charge in [-0.1, -0.05) is 12.1 Å². The van der Waals surface area contributed by atoms with Gasteiger partial charge in [0.25, 0.3) is 0 Å². The van der Waals surface area contributed by atoms with Crippen LogP contribution in [0.3, 0.4) is 0 Å². The molecule has 0 aliphatic heterocycles. The van der Waals surface area contributed by atoms with Crippen LogP contribution in [0, 0.1) is 17.2 Å². The Morgan fingerprint density at radius 1 is 1.24 bits per heavy atom. The molecule has 0 spiro atoms. The molecular weight excluding hydrogens is 458 g/mol. The molecule has 7 nitrogen and oxygen atoms in total. The van der Waals surface area contributed by atoms with Crippen LogP contribution in [-0.2, 0) is 19.4 Å². The Hall–Kier alpha value is -2.57. The molecule has 9 heteroatoms. The van der Waals surface area contributed by atoms with Gasteiger partial charge in [0, 0.05) is 18.2 Å². The number of nitrogens with zero attached hydrogens (tertiary/aromatic N) is 2. The second-order valence-corrected chi connectivity index (χ2v) is 12.4. The molecule has 5 rings (SSSR count). The highest BCUT2D eigenvalue weighted by Gasteiger charge is 2.41. The first kappa shape index (κ1) is 22.2. The minimum Gasteiger partial charge on any atom is -0.301 e. The van der Waals surface area contributed by atoms with Crippen molar-refractivity contribution in [1.82, 2.24) is 4.98 Å². The lowest BCUT2D eigenvalue weighted by atomic mass is 9.86. The van der Waals surface area contributed by atoms with E-state index in [1.54, 1.807) is 17.5 Å². The summed E-state index contributed by atoms with van der Waals surface area (Å²) in [6.07, 6.45) is 5.66. The van der Waals surface area contributed by atoms with E-state index in [9.17, 15) is 18.0 Å². The zero-order valence-electron chi connectivity index (χ0n) is 18.1. The molecule has 0 bridgehead atoms. The quantitative estimate of drug-likeness (QED) is 0.598. The molecule has 2 aromatic rings. The van der Waals surface area contributed by atoms with Crippen molar-refractivity contribution in [3.8, 4) is 6.07 Å². The largest absolute Gasteiger partial charge is 0.301 e. The van der Waals surface area contributed by atoms with E-state index in [4.69, 9.17) is 5.26 Å². The minimum absolute atomic E-state index is 0.124. The summed E-state index contributed by atoms with van der Waals surface area (Å²) in [7, 11) is -3.33. The van der Waals surface area contributed by atoms with Crippen LogP contribution in [0.5, 0.6) is 0 Å². The molecule has 3 saturated carbocycles. The summed E-state index contributed by atoms with van der Waals surface area (Å²) in [5.74, 6) is -0.193. The van der Waals surface area contributed by atoms with Crippen LogP contribution in [0.2, 0.25) is 0 Å². The molecule has 1 N–H and O–H groups in total. The van der Waals surface area contributed by atoms with Gasteiger partial charge in [0.1, 0.15) is 11.9 Å². The predicted molar refractivity (Wildman–Crippen MR) is 124 cm³/mol. The first-order valence-electron chi connectivity index (χ1n) is 11.4. The van der Waals surface area contributed by atoms with Gasteiger partial charge in [0.15, 0.2) is 20.7 Å². The number of carbonyl (C=O) groups excluding carboxylic acids is 2. The highest BCUT2D eigenvalue weighted by Crippen LogP contribution is 2.47. The number of nitriles is 1. The predicted octanol–water partition coefficient (Wildman–Crippen LogP) is 4.31. The van der Waals surface area contributed by atoms with Crippen LogP contribution < -0.4 is 5.32 Å². The monoisotopic (exact) mass is 483 g/mol. The topological polar surface area (TPSA) is 117 Å². The molecule has 3 aliphatic rings. The zero-order chi connectivity index (χ0) is 23.2. The van der Waals surface area contributed by atoms with Gasteiger partial charge in [0.05, 0.1) is 16.1 Å². The van der Waals surface area contributed by atoms with Crippen LogP contribution in [0.1, 0.15) is 80.0 Å². The van der Waals surface area contributed by atoms with Crippen molar-refractivity contribution in [2.45, 2.75) is 73.3 Å². The van der Waals surface area contributed by atoms with Crippen molar-refractivity contribution in [2.75, 3.05) is 5.32 Å². The highest BCUT2D eigenvalue weighted by atomic mass is 32.2. The van der Waals surface area contributed by atoms with Gasteiger partial charge in [-0.25, -0.2) is 13.4 Å². The standard InChI is InChI=1S/C24H25N3O4S2/c25-12-17-13-32-24(26-17)27-23(29)21(10-14-1-5-18(28)9-14)16-4-8-22(20(11-16)15-2-3-15)33(30,31)19-6-7-19/h4,8,11,13-15,19,21H,1-3,5-7,9-10H2,(H,26,27,29)/t14-,21+/m0/s1. The van der Waals surface area contributed by atoms with Gasteiger partial charge in [-0.2, -0.15) is 5.26 Å². The van der Waals surface area contributed by atoms with Crippen molar-refractivity contribution in [3.63, 3.8) is 0 Å². The van der Waals surface area contributed by atoms with Crippen LogP contribution in [0.15, 0.2) is 28.5 Å². The second-order valence-electron chi connectivity index (χ2n) is 9.39. The molecule has 0 radical (unpaired) electrons. The fraction of sp³-hybridized carbons (Fsp3) is 0.500. The third kappa shape index (κ3) is 4.73. The molecule has 1 amide bonds. The number of amides is 1. The third-order valence-corrected chi connectivity index (χ3v) is 9.90. The summed E-state index contributed by atoms with van der Waals surface area (Å²) >= 11 is 1.19. The van der Waals surface area contributed by atoms with Crippen LogP contribution in [0.25, 0.3) is 0 Å². The average Bonchev–Trinajstić information content (AvgIpc) is 3.72. The summed E-state index contributed by atoms with van der Waals surface area (Å²) in [6, 6.07) is 7.33. The number of benzene rings is 1. The Bertz CT molecular complexity index is 1250. The van der Waals surface area contributed by atoms with Crippen molar-refractivity contribution < 1.29 is 18.0 Å². The molecule has 1 heterocycles. The fourth-order valence-electron chi connectivity index (χ4n) is 4.71. The van der Waals surface area contributed by atoms with E-state index in [1.807, 2.05) is 12.1 Å². The molecule has 172 valence electrons. The fourth-order valence-corrected chi connectivity index (χ4v) is 7.28. The van der Waals surface area contributed by atoms with E-state index in [-0.39, 0.29) is 34.5 Å². The summed E-state index contributed by atoms with van der Waals surface area (Å²) in [4.78, 5) is 29.7. The normalized spacial score (nSPS) is 21.5. The number of rotatable bonds is 8. The molecular formula is C24H25N3O4S2. The summed E-state index contributed by atoms with van der Waals surface area (Å²) in [5, 5.41) is 13.5. The number of thiazole rings is 1. The van der Waals surface area contributed by atoms with Gasteiger partial charge < -0.3 is 5.32 Å². The van der Waals surface area contributed by atoms with Crippen molar-refractivity contribution in [1.29, 1.82) is 5.26 Å². The molecule has 1 aromatic heterocycles. The van der Waals surface area contributed by atoms with Crippen molar-refractivity contribution in [2.24, 2.45) is 5.92 Å². The number of hydrogen-bond donors (Lipinski definition) is 1. The number of aromatic nitrogens is 1. The Morgan fingerprint density at radius 2 is 2.03 bits per heavy atom. The van der Waals surface area contributed by atoms with E-state index in [0.29, 0.717) is 42.1 Å². The maximum Gasteiger partial charge on any atom is 0.233 e. The molecule has 33 heavy (non-hydrogen) atoms. The van der Waals surface area contributed by atoms with Crippen molar-refractivity contribution >= 4 is 38.0 Å². The number of hydrogen-bond acceptors (Lipinski definition) is 7. The van der Waals surface area contributed by atoms with E-state index in [2.05, 4.69) is 10.3 Å². The molecule has 3 fully saturated rings. The number of sulfone groups is 1. The molecule has 1 aromatic carbocycles. The zero-order valence-corrected chi connectivity index (χ0v) is 19.8. The van der Waals surface area contributed by atoms with Crippen LogP contribution in [-0.4, -0.2) is 30.3 Å². The lowest BCUT2D eigenvalue weighted by Gasteiger charge is -2.21. The van der Waals surface area contributed by atoms with Gasteiger partial charge >= 0.3 is 0 Å². The highest BCUT2D eigenvalue weighted by molar-refractivity contribution is 7.92. The van der Waals surface area contributed by atoms with Gasteiger partial charge in [-0.15, -0.1) is 11.3 Å². The smallest absolute Gasteiger partial charge is 0.233 e. The first-order valence-corrected chi connectivity index (χ1v) is 13.8. The Morgan fingerprint density at radius 3 is 2.64 bits per heavy atom.